The minimum absolute atomic E-state index is 0.0794. The number of hydrogen-bond acceptors (Lipinski definition) is 2. The molecular weight excluding hydrogens is 279 g/mol. The number of hydrogen-bond donors (Lipinski definition) is 2. The van der Waals surface area contributed by atoms with Crippen LogP contribution in [0.1, 0.15) is 22.0 Å². The van der Waals surface area contributed by atoms with E-state index >= 15 is 0 Å². The van der Waals surface area contributed by atoms with Crippen LogP contribution < -0.4 is 11.1 Å². The number of nitrogens with two attached hydrogens (primary N) is 1. The van der Waals surface area contributed by atoms with E-state index in [1.54, 1.807) is 0 Å². The van der Waals surface area contributed by atoms with Gasteiger partial charge in [0, 0.05) is 12.6 Å². The van der Waals surface area contributed by atoms with Gasteiger partial charge in [-0.1, -0.05) is 48.0 Å². The lowest BCUT2D eigenvalue weighted by molar-refractivity contribution is 0.0947. The molecule has 20 heavy (non-hydrogen) atoms. The van der Waals surface area contributed by atoms with Gasteiger partial charge in [-0.25, -0.2) is 4.39 Å². The summed E-state index contributed by atoms with van der Waals surface area (Å²) in [5.41, 5.74) is 6.69. The van der Waals surface area contributed by atoms with Crippen LogP contribution in [0.4, 0.5) is 4.39 Å². The van der Waals surface area contributed by atoms with Crippen LogP contribution in [-0.4, -0.2) is 12.5 Å². The Labute approximate surface area is 121 Å². The molecule has 2 rings (SSSR count). The van der Waals surface area contributed by atoms with Gasteiger partial charge in [-0.3, -0.25) is 4.79 Å². The zero-order valence-electron chi connectivity index (χ0n) is 10.6. The lowest BCUT2D eigenvalue weighted by Crippen LogP contribution is -2.32. The van der Waals surface area contributed by atoms with Crippen molar-refractivity contribution in [3.63, 3.8) is 0 Å². The summed E-state index contributed by atoms with van der Waals surface area (Å²) in [6.45, 7) is 0.202. The highest BCUT2D eigenvalue weighted by atomic mass is 35.5. The SMILES string of the molecule is NC(CNC(=O)c1c(F)cccc1Cl)c1ccccc1. The summed E-state index contributed by atoms with van der Waals surface area (Å²) >= 11 is 5.82. The Morgan fingerprint density at radius 2 is 1.90 bits per heavy atom. The third-order valence-corrected chi connectivity index (χ3v) is 3.22. The third-order valence-electron chi connectivity index (χ3n) is 2.90. The molecule has 3 N–H and O–H groups in total. The highest BCUT2D eigenvalue weighted by Crippen LogP contribution is 2.18. The number of benzene rings is 2. The Kier molecular flexibility index (Phi) is 4.71. The summed E-state index contributed by atoms with van der Waals surface area (Å²) < 4.78 is 13.6. The van der Waals surface area contributed by atoms with Gasteiger partial charge in [0.25, 0.3) is 5.91 Å². The Hall–Kier alpha value is -1.91. The highest BCUT2D eigenvalue weighted by molar-refractivity contribution is 6.33. The summed E-state index contributed by atoms with van der Waals surface area (Å²) in [5.74, 6) is -1.22. The number of rotatable bonds is 4. The molecule has 0 fully saturated rings. The van der Waals surface area contributed by atoms with Gasteiger partial charge < -0.3 is 11.1 Å². The van der Waals surface area contributed by atoms with Crippen molar-refractivity contribution in [1.29, 1.82) is 0 Å². The first kappa shape index (κ1) is 14.5. The molecule has 0 bridgehead atoms. The largest absolute Gasteiger partial charge is 0.350 e. The second kappa shape index (κ2) is 6.50. The maximum Gasteiger partial charge on any atom is 0.255 e. The van der Waals surface area contributed by atoms with Crippen LogP contribution in [0.25, 0.3) is 0 Å². The van der Waals surface area contributed by atoms with Crippen molar-refractivity contribution in [2.75, 3.05) is 6.54 Å². The standard InChI is InChI=1S/C15H14ClFN2O/c16-11-7-4-8-12(17)14(11)15(20)19-9-13(18)10-5-2-1-3-6-10/h1-8,13H,9,18H2,(H,19,20). The topological polar surface area (TPSA) is 55.1 Å². The number of carbonyl (C=O) groups excluding carboxylic acids is 1. The summed E-state index contributed by atoms with van der Waals surface area (Å²) in [7, 11) is 0. The molecule has 0 saturated carbocycles. The van der Waals surface area contributed by atoms with Gasteiger partial charge in [0.05, 0.1) is 10.6 Å². The molecule has 2 aromatic rings. The third kappa shape index (κ3) is 3.35. The average Bonchev–Trinajstić information content (AvgIpc) is 2.45. The summed E-state index contributed by atoms with van der Waals surface area (Å²) in [4.78, 5) is 11.9. The quantitative estimate of drug-likeness (QED) is 0.910. The summed E-state index contributed by atoms with van der Waals surface area (Å²) in [5, 5.41) is 2.67. The lowest BCUT2D eigenvalue weighted by Gasteiger charge is -2.13. The molecule has 5 heteroatoms. The number of amides is 1. The van der Waals surface area contributed by atoms with Crippen molar-refractivity contribution >= 4 is 17.5 Å². The van der Waals surface area contributed by atoms with E-state index in [1.807, 2.05) is 30.3 Å². The van der Waals surface area contributed by atoms with E-state index in [0.717, 1.165) is 5.56 Å². The second-order valence-corrected chi connectivity index (χ2v) is 4.73. The molecular formula is C15H14ClFN2O. The van der Waals surface area contributed by atoms with Crippen molar-refractivity contribution in [1.82, 2.24) is 5.32 Å². The molecule has 0 saturated heterocycles. The normalized spacial score (nSPS) is 11.9. The van der Waals surface area contributed by atoms with Gasteiger partial charge in [0.2, 0.25) is 0 Å². The van der Waals surface area contributed by atoms with Crippen LogP contribution in [0.15, 0.2) is 48.5 Å². The van der Waals surface area contributed by atoms with Crippen molar-refractivity contribution in [2.24, 2.45) is 5.73 Å². The van der Waals surface area contributed by atoms with Crippen LogP contribution >= 0.6 is 11.6 Å². The van der Waals surface area contributed by atoms with E-state index in [-0.39, 0.29) is 23.2 Å². The van der Waals surface area contributed by atoms with Crippen LogP contribution in [0.2, 0.25) is 5.02 Å². The van der Waals surface area contributed by atoms with Crippen molar-refractivity contribution in [3.8, 4) is 0 Å². The van der Waals surface area contributed by atoms with E-state index in [2.05, 4.69) is 5.32 Å². The summed E-state index contributed by atoms with van der Waals surface area (Å²) in [6.07, 6.45) is 0. The minimum Gasteiger partial charge on any atom is -0.350 e. The molecule has 1 atom stereocenters. The van der Waals surface area contributed by atoms with Gasteiger partial charge in [-0.05, 0) is 17.7 Å². The Bertz CT molecular complexity index is 584. The maximum absolute atomic E-state index is 13.6. The number of nitrogens with one attached hydrogen (secondary N) is 1. The van der Waals surface area contributed by atoms with E-state index in [1.165, 1.54) is 18.2 Å². The fourth-order valence-corrected chi connectivity index (χ4v) is 2.07. The van der Waals surface area contributed by atoms with Gasteiger partial charge in [-0.15, -0.1) is 0 Å². The van der Waals surface area contributed by atoms with Crippen LogP contribution in [0, 0.1) is 5.82 Å². The predicted octanol–water partition coefficient (Wildman–Crippen LogP) is 2.91. The Morgan fingerprint density at radius 3 is 2.55 bits per heavy atom. The first-order valence-corrected chi connectivity index (χ1v) is 6.50. The van der Waals surface area contributed by atoms with E-state index in [0.29, 0.717) is 0 Å². The first-order chi connectivity index (χ1) is 9.59. The summed E-state index contributed by atoms with van der Waals surface area (Å²) in [6, 6.07) is 13.1. The second-order valence-electron chi connectivity index (χ2n) is 4.32. The van der Waals surface area contributed by atoms with Crippen LogP contribution in [0.3, 0.4) is 0 Å². The zero-order chi connectivity index (χ0) is 14.5. The zero-order valence-corrected chi connectivity index (χ0v) is 11.4. The lowest BCUT2D eigenvalue weighted by atomic mass is 10.1. The van der Waals surface area contributed by atoms with Gasteiger partial charge in [0.15, 0.2) is 0 Å². The number of halogens is 2. The molecule has 104 valence electrons. The molecule has 2 aromatic carbocycles. The average molecular weight is 293 g/mol. The Balaban J connectivity index is 2.03. The number of carbonyl (C=O) groups is 1. The highest BCUT2D eigenvalue weighted by Gasteiger charge is 2.16. The molecule has 0 aliphatic heterocycles. The Morgan fingerprint density at radius 1 is 1.20 bits per heavy atom. The van der Waals surface area contributed by atoms with Crippen molar-refractivity contribution in [3.05, 3.63) is 70.5 Å². The molecule has 0 heterocycles. The molecule has 0 aliphatic carbocycles. The van der Waals surface area contributed by atoms with Crippen LogP contribution in [-0.2, 0) is 0 Å². The van der Waals surface area contributed by atoms with Gasteiger partial charge in [0.1, 0.15) is 5.82 Å². The monoisotopic (exact) mass is 292 g/mol. The molecule has 0 radical (unpaired) electrons. The molecule has 1 unspecified atom stereocenters. The van der Waals surface area contributed by atoms with Crippen molar-refractivity contribution in [2.45, 2.75) is 6.04 Å². The molecule has 0 aliphatic rings. The minimum atomic E-state index is -0.650. The first-order valence-electron chi connectivity index (χ1n) is 6.12. The van der Waals surface area contributed by atoms with Crippen LogP contribution in [0.5, 0.6) is 0 Å². The predicted molar refractivity (Wildman–Crippen MR) is 77.1 cm³/mol. The molecule has 3 nitrogen and oxygen atoms in total. The fraction of sp³-hybridized carbons (Fsp3) is 0.133. The molecule has 0 spiro atoms. The van der Waals surface area contributed by atoms with Crippen molar-refractivity contribution < 1.29 is 9.18 Å². The van der Waals surface area contributed by atoms with Gasteiger partial charge in [-0.2, -0.15) is 0 Å². The van der Waals surface area contributed by atoms with Gasteiger partial charge >= 0.3 is 0 Å². The maximum atomic E-state index is 13.6. The molecule has 0 aromatic heterocycles. The smallest absolute Gasteiger partial charge is 0.255 e. The van der Waals surface area contributed by atoms with E-state index in [4.69, 9.17) is 17.3 Å². The van der Waals surface area contributed by atoms with E-state index in [9.17, 15) is 9.18 Å². The fourth-order valence-electron chi connectivity index (χ4n) is 1.82. The van der Waals surface area contributed by atoms with E-state index < -0.39 is 11.7 Å². The molecule has 1 amide bonds.